The van der Waals surface area contributed by atoms with Gasteiger partial charge < -0.3 is 44.5 Å². The molecule has 3 rings (SSSR count). The van der Waals surface area contributed by atoms with Crippen LogP contribution in [0.5, 0.6) is 0 Å². The number of aliphatic hydroxyl groups is 5. The van der Waals surface area contributed by atoms with Crippen LogP contribution in [0.15, 0.2) is 0 Å². The van der Waals surface area contributed by atoms with Crippen molar-refractivity contribution in [3.8, 4) is 0 Å². The minimum Gasteiger partial charge on any atom is -0.394 e. The zero-order valence-corrected chi connectivity index (χ0v) is 13.4. The van der Waals surface area contributed by atoms with Crippen LogP contribution in [0, 0.1) is 0 Å². The normalized spacial score (nSPS) is 48.0. The molecule has 9 nitrogen and oxygen atoms in total. The van der Waals surface area contributed by atoms with Gasteiger partial charge >= 0.3 is 0 Å². The molecule has 136 valence electrons. The first kappa shape index (κ1) is 19.0. The fraction of sp³-hybridized carbons (Fsp3) is 1.00. The van der Waals surface area contributed by atoms with E-state index in [1.807, 2.05) is 20.8 Å². The topological polar surface area (TPSA) is 138 Å². The maximum atomic E-state index is 9.04. The SMILES string of the molecule is CC1O[C@@H](CO)C2OC(C)(C)OC12.OC[C@@H]1OC(O)C(O)C1O. The molecule has 5 N–H and O–H groups in total. The van der Waals surface area contributed by atoms with E-state index >= 15 is 0 Å². The zero-order chi connectivity index (χ0) is 17.4. The van der Waals surface area contributed by atoms with Crippen molar-refractivity contribution in [3.05, 3.63) is 0 Å². The minimum atomic E-state index is -1.38. The number of aliphatic hydroxyl groups excluding tert-OH is 5. The molecule has 0 amide bonds. The van der Waals surface area contributed by atoms with Crippen LogP contribution < -0.4 is 0 Å². The van der Waals surface area contributed by atoms with Crippen molar-refractivity contribution < 1.29 is 44.5 Å². The van der Waals surface area contributed by atoms with E-state index < -0.39 is 37.0 Å². The lowest BCUT2D eigenvalue weighted by atomic mass is 10.1. The summed E-state index contributed by atoms with van der Waals surface area (Å²) in [6.07, 6.45) is -5.14. The zero-order valence-electron chi connectivity index (χ0n) is 13.4. The Morgan fingerprint density at radius 3 is 1.83 bits per heavy atom. The predicted molar refractivity (Wildman–Crippen MR) is 75.2 cm³/mol. The fourth-order valence-corrected chi connectivity index (χ4v) is 2.92. The molecule has 0 spiro atoms. The van der Waals surface area contributed by atoms with Crippen molar-refractivity contribution in [2.24, 2.45) is 0 Å². The maximum absolute atomic E-state index is 9.04. The van der Waals surface area contributed by atoms with Crippen LogP contribution in [0.3, 0.4) is 0 Å². The highest BCUT2D eigenvalue weighted by molar-refractivity contribution is 4.96. The highest BCUT2D eigenvalue weighted by Gasteiger charge is 2.53. The lowest BCUT2D eigenvalue weighted by Gasteiger charge is -2.22. The molecule has 0 saturated carbocycles. The molecular formula is C14H26O9. The summed E-state index contributed by atoms with van der Waals surface area (Å²) < 4.78 is 21.3. The molecule has 0 aliphatic carbocycles. The summed E-state index contributed by atoms with van der Waals surface area (Å²) in [5.74, 6) is -0.541. The second-order valence-electron chi connectivity index (χ2n) is 6.36. The Labute approximate surface area is 134 Å². The third-order valence-electron chi connectivity index (χ3n) is 4.08. The molecule has 23 heavy (non-hydrogen) atoms. The summed E-state index contributed by atoms with van der Waals surface area (Å²) >= 11 is 0. The molecule has 0 aromatic rings. The fourth-order valence-electron chi connectivity index (χ4n) is 2.92. The Bertz CT molecular complexity index is 390. The molecule has 0 bridgehead atoms. The Morgan fingerprint density at radius 2 is 1.39 bits per heavy atom. The van der Waals surface area contributed by atoms with Gasteiger partial charge in [-0.25, -0.2) is 0 Å². The Morgan fingerprint density at radius 1 is 0.826 bits per heavy atom. The van der Waals surface area contributed by atoms with Gasteiger partial charge in [-0.2, -0.15) is 0 Å². The van der Waals surface area contributed by atoms with E-state index in [4.69, 9.17) is 39.7 Å². The summed E-state index contributed by atoms with van der Waals surface area (Å²) in [5, 5.41) is 44.0. The Hall–Kier alpha value is -0.360. The molecule has 3 aliphatic heterocycles. The van der Waals surface area contributed by atoms with E-state index in [1.165, 1.54) is 0 Å². The van der Waals surface area contributed by atoms with Gasteiger partial charge in [-0.15, -0.1) is 0 Å². The van der Waals surface area contributed by atoms with Gasteiger partial charge in [0.1, 0.15) is 36.6 Å². The molecule has 9 heteroatoms. The van der Waals surface area contributed by atoms with E-state index in [1.54, 1.807) is 0 Å². The maximum Gasteiger partial charge on any atom is 0.184 e. The van der Waals surface area contributed by atoms with E-state index in [0.717, 1.165) is 0 Å². The second-order valence-corrected chi connectivity index (χ2v) is 6.36. The summed E-state index contributed by atoms with van der Waals surface area (Å²) in [6, 6.07) is 0. The van der Waals surface area contributed by atoms with E-state index in [-0.39, 0.29) is 31.0 Å². The second kappa shape index (κ2) is 7.26. The van der Waals surface area contributed by atoms with Crippen LogP contribution in [0.1, 0.15) is 20.8 Å². The van der Waals surface area contributed by atoms with Crippen molar-refractivity contribution >= 4 is 0 Å². The molecule has 3 aliphatic rings. The number of hydrogen-bond acceptors (Lipinski definition) is 9. The van der Waals surface area contributed by atoms with E-state index in [0.29, 0.717) is 0 Å². The number of hydrogen-bond donors (Lipinski definition) is 5. The highest BCUT2D eigenvalue weighted by Crippen LogP contribution is 2.38. The molecule has 0 aromatic heterocycles. The lowest BCUT2D eigenvalue weighted by Crippen LogP contribution is -2.33. The molecule has 0 aromatic carbocycles. The van der Waals surface area contributed by atoms with Gasteiger partial charge in [0.2, 0.25) is 0 Å². The van der Waals surface area contributed by atoms with Crippen molar-refractivity contribution in [2.75, 3.05) is 13.2 Å². The molecular weight excluding hydrogens is 312 g/mol. The lowest BCUT2D eigenvalue weighted by molar-refractivity contribution is -0.188. The Kier molecular flexibility index (Phi) is 5.99. The minimum absolute atomic E-state index is 0.00363. The van der Waals surface area contributed by atoms with Gasteiger partial charge in [-0.3, -0.25) is 0 Å². The summed E-state index contributed by atoms with van der Waals surface area (Å²) in [7, 11) is 0. The largest absolute Gasteiger partial charge is 0.394 e. The van der Waals surface area contributed by atoms with Crippen molar-refractivity contribution in [1.82, 2.24) is 0 Å². The summed E-state index contributed by atoms with van der Waals surface area (Å²) in [4.78, 5) is 0. The standard InChI is InChI=1S/C9H16O4.C5H10O5/c1-5-7-8(6(4-10)11-5)13-9(2,3)12-7;6-1-2-3(7)4(8)5(9)10-2/h5-8,10H,4H2,1-3H3;2-9H,1H2/t5?,6-,7?,8?;2-,3?,4?,5?/m00/s1. The first-order valence-corrected chi connectivity index (χ1v) is 7.62. The van der Waals surface area contributed by atoms with Gasteiger partial charge in [0, 0.05) is 0 Å². The van der Waals surface area contributed by atoms with E-state index in [2.05, 4.69) is 4.74 Å². The monoisotopic (exact) mass is 338 g/mol. The number of fused-ring (bicyclic) bond motifs is 1. The predicted octanol–water partition coefficient (Wildman–Crippen LogP) is -2.30. The van der Waals surface area contributed by atoms with Crippen LogP contribution in [-0.2, 0) is 18.9 Å². The number of rotatable bonds is 2. The van der Waals surface area contributed by atoms with Gasteiger partial charge in [0.05, 0.1) is 19.3 Å². The van der Waals surface area contributed by atoms with Crippen LogP contribution in [-0.4, -0.2) is 93.6 Å². The molecule has 3 saturated heterocycles. The van der Waals surface area contributed by atoms with Crippen LogP contribution >= 0.6 is 0 Å². The van der Waals surface area contributed by atoms with Crippen LogP contribution in [0.2, 0.25) is 0 Å². The van der Waals surface area contributed by atoms with Gasteiger partial charge in [-0.05, 0) is 20.8 Å². The first-order chi connectivity index (χ1) is 10.7. The van der Waals surface area contributed by atoms with Gasteiger partial charge in [0.15, 0.2) is 12.1 Å². The molecule has 3 heterocycles. The van der Waals surface area contributed by atoms with Crippen molar-refractivity contribution in [1.29, 1.82) is 0 Å². The molecule has 0 radical (unpaired) electrons. The quantitative estimate of drug-likeness (QED) is 0.376. The van der Waals surface area contributed by atoms with Crippen LogP contribution in [0.4, 0.5) is 0 Å². The highest BCUT2D eigenvalue weighted by atomic mass is 16.8. The van der Waals surface area contributed by atoms with Crippen molar-refractivity contribution in [2.45, 2.75) is 75.6 Å². The smallest absolute Gasteiger partial charge is 0.184 e. The molecule has 8 atom stereocenters. The van der Waals surface area contributed by atoms with Crippen molar-refractivity contribution in [3.63, 3.8) is 0 Å². The third kappa shape index (κ3) is 4.01. The van der Waals surface area contributed by atoms with Gasteiger partial charge in [0.25, 0.3) is 0 Å². The average Bonchev–Trinajstić information content (AvgIpc) is 3.05. The van der Waals surface area contributed by atoms with E-state index in [9.17, 15) is 0 Å². The molecule has 6 unspecified atom stereocenters. The number of ether oxygens (including phenoxy) is 4. The molecule has 3 fully saturated rings. The summed E-state index contributed by atoms with van der Waals surface area (Å²) in [5.41, 5.74) is 0. The third-order valence-corrected chi connectivity index (χ3v) is 4.08. The van der Waals surface area contributed by atoms with Gasteiger partial charge in [-0.1, -0.05) is 0 Å². The average molecular weight is 338 g/mol. The first-order valence-electron chi connectivity index (χ1n) is 7.62. The Balaban J connectivity index is 0.000000174. The summed E-state index contributed by atoms with van der Waals surface area (Å²) in [6.45, 7) is 5.29. The van der Waals surface area contributed by atoms with Crippen LogP contribution in [0.25, 0.3) is 0 Å².